The number of piperidine rings is 1. The van der Waals surface area contributed by atoms with Crippen LogP contribution in [-0.4, -0.2) is 33.7 Å². The van der Waals surface area contributed by atoms with E-state index in [0.717, 1.165) is 93.3 Å². The molecule has 0 radical (unpaired) electrons. The van der Waals surface area contributed by atoms with Crippen molar-refractivity contribution in [3.8, 4) is 0 Å². The molecule has 4 nitrogen and oxygen atoms in total. The summed E-state index contributed by atoms with van der Waals surface area (Å²) in [7, 11) is 0. The maximum Gasteiger partial charge on any atom is 0.329 e. The average Bonchev–Trinajstić information content (AvgIpc) is 3.34. The molecule has 1 fully saturated rings. The van der Waals surface area contributed by atoms with Gasteiger partial charge in [0.1, 0.15) is 11.6 Å². The van der Waals surface area contributed by atoms with Gasteiger partial charge in [-0.15, -0.1) is 0 Å². The Morgan fingerprint density at radius 3 is 1.89 bits per heavy atom. The van der Waals surface area contributed by atoms with E-state index >= 15 is 0 Å². The van der Waals surface area contributed by atoms with Crippen LogP contribution in [0.5, 0.6) is 0 Å². The van der Waals surface area contributed by atoms with Gasteiger partial charge in [-0.2, -0.15) is 0 Å². The van der Waals surface area contributed by atoms with Gasteiger partial charge in [-0.25, -0.2) is 13.6 Å². The largest absolute Gasteiger partial charge is 0.329 e. The van der Waals surface area contributed by atoms with Crippen molar-refractivity contribution in [2.75, 3.05) is 19.6 Å². The zero-order valence-corrected chi connectivity index (χ0v) is 25.3. The first-order valence-electron chi connectivity index (χ1n) is 16.0. The number of benzene rings is 4. The third-order valence-corrected chi connectivity index (χ3v) is 9.24. The van der Waals surface area contributed by atoms with E-state index in [1.807, 2.05) is 47.0 Å². The standard InChI is InChI=1S/C38H41F2N3O/c39-32-19-15-30(16-20-32)35(31-17-21-33(40)22-18-31)12-8-25-41-27-23-34(24-28-41)43-37-14-5-4-13-36(37)42(38(43)44)26-7-6-11-29-9-2-1-3-10-29/h1-5,9-10,13-22,34-35H,6-8,11-12,23-28H2. The second-order valence-electron chi connectivity index (χ2n) is 12.1. The van der Waals surface area contributed by atoms with E-state index in [4.69, 9.17) is 0 Å². The number of hydrogen-bond donors (Lipinski definition) is 0. The Kier molecular flexibility index (Phi) is 9.67. The monoisotopic (exact) mass is 593 g/mol. The molecule has 0 spiro atoms. The van der Waals surface area contributed by atoms with E-state index in [-0.39, 0.29) is 29.3 Å². The van der Waals surface area contributed by atoms with Crippen molar-refractivity contribution < 1.29 is 8.78 Å². The lowest BCUT2D eigenvalue weighted by Gasteiger charge is -2.33. The zero-order chi connectivity index (χ0) is 30.3. The van der Waals surface area contributed by atoms with E-state index in [2.05, 4.69) is 45.9 Å². The Bertz CT molecular complexity index is 1640. The van der Waals surface area contributed by atoms with E-state index in [9.17, 15) is 13.6 Å². The van der Waals surface area contributed by atoms with E-state index in [1.54, 1.807) is 0 Å². The number of nitrogens with zero attached hydrogens (tertiary/aromatic N) is 3. The topological polar surface area (TPSA) is 30.2 Å². The first kappa shape index (κ1) is 30.0. The van der Waals surface area contributed by atoms with E-state index < -0.39 is 0 Å². The van der Waals surface area contributed by atoms with Gasteiger partial charge in [0.25, 0.3) is 0 Å². The van der Waals surface area contributed by atoms with Gasteiger partial charge in [-0.1, -0.05) is 66.7 Å². The van der Waals surface area contributed by atoms with Crippen LogP contribution in [0.25, 0.3) is 11.0 Å². The summed E-state index contributed by atoms with van der Waals surface area (Å²) in [5.74, 6) is -0.411. The maximum atomic E-state index is 13.8. The Labute approximate surface area is 258 Å². The van der Waals surface area contributed by atoms with Crippen molar-refractivity contribution in [1.82, 2.24) is 14.0 Å². The summed E-state index contributed by atoms with van der Waals surface area (Å²) < 4.78 is 31.3. The average molecular weight is 594 g/mol. The quantitative estimate of drug-likeness (QED) is 0.136. The van der Waals surface area contributed by atoms with Crippen LogP contribution >= 0.6 is 0 Å². The molecule has 0 aliphatic carbocycles. The zero-order valence-electron chi connectivity index (χ0n) is 25.3. The number of rotatable bonds is 12. The molecule has 0 bridgehead atoms. The molecular formula is C38H41F2N3O. The number of imidazole rings is 1. The molecule has 0 N–H and O–H groups in total. The molecule has 44 heavy (non-hydrogen) atoms. The molecule has 1 saturated heterocycles. The number of hydrogen-bond acceptors (Lipinski definition) is 2. The first-order chi connectivity index (χ1) is 21.6. The van der Waals surface area contributed by atoms with Gasteiger partial charge in [0.15, 0.2) is 0 Å². The van der Waals surface area contributed by atoms with Crippen molar-refractivity contribution in [3.63, 3.8) is 0 Å². The van der Waals surface area contributed by atoms with Gasteiger partial charge in [-0.3, -0.25) is 9.13 Å². The molecule has 6 heteroatoms. The lowest BCUT2D eigenvalue weighted by atomic mass is 9.87. The normalized spacial score (nSPS) is 14.5. The van der Waals surface area contributed by atoms with E-state index in [1.165, 1.54) is 29.8 Å². The highest BCUT2D eigenvalue weighted by molar-refractivity contribution is 5.76. The van der Waals surface area contributed by atoms with Gasteiger partial charge in [0.2, 0.25) is 0 Å². The van der Waals surface area contributed by atoms with Crippen molar-refractivity contribution in [2.45, 2.75) is 63.5 Å². The van der Waals surface area contributed by atoms with Crippen LogP contribution in [-0.2, 0) is 13.0 Å². The summed E-state index contributed by atoms with van der Waals surface area (Å²) in [5, 5.41) is 0. The van der Waals surface area contributed by atoms with Crippen molar-refractivity contribution in [1.29, 1.82) is 0 Å². The van der Waals surface area contributed by atoms with Gasteiger partial charge in [-0.05, 0) is 105 Å². The fourth-order valence-electron chi connectivity index (χ4n) is 6.88. The lowest BCUT2D eigenvalue weighted by molar-refractivity contribution is 0.183. The van der Waals surface area contributed by atoms with E-state index in [0.29, 0.717) is 0 Å². The highest BCUT2D eigenvalue weighted by atomic mass is 19.1. The summed E-state index contributed by atoms with van der Waals surface area (Å²) in [6.07, 6.45) is 6.82. The second-order valence-corrected chi connectivity index (χ2v) is 12.1. The molecule has 6 rings (SSSR count). The summed E-state index contributed by atoms with van der Waals surface area (Å²) in [5.41, 5.74) is 5.63. The van der Waals surface area contributed by atoms with Gasteiger partial charge < -0.3 is 4.90 Å². The number of aryl methyl sites for hydroxylation is 2. The first-order valence-corrected chi connectivity index (χ1v) is 16.0. The molecule has 0 atom stereocenters. The maximum absolute atomic E-state index is 13.8. The van der Waals surface area contributed by atoms with Gasteiger partial charge in [0, 0.05) is 31.6 Å². The van der Waals surface area contributed by atoms with Crippen molar-refractivity contribution in [2.24, 2.45) is 0 Å². The second kappa shape index (κ2) is 14.2. The minimum Gasteiger partial charge on any atom is -0.303 e. The number of unbranched alkanes of at least 4 members (excludes halogenated alkanes) is 1. The Morgan fingerprint density at radius 2 is 1.25 bits per heavy atom. The SMILES string of the molecule is O=c1n(CCCCc2ccccc2)c2ccccc2n1C1CCN(CCCC(c2ccc(F)cc2)c2ccc(F)cc2)CC1. The number of halogens is 2. The summed E-state index contributed by atoms with van der Waals surface area (Å²) in [4.78, 5) is 16.3. The van der Waals surface area contributed by atoms with Crippen LogP contribution in [0.1, 0.15) is 67.2 Å². The number of aromatic nitrogens is 2. The summed E-state index contributed by atoms with van der Waals surface area (Å²) in [6, 6.07) is 32.3. The molecule has 1 aromatic heterocycles. The molecule has 228 valence electrons. The molecule has 5 aromatic rings. The van der Waals surface area contributed by atoms with Crippen LogP contribution in [0, 0.1) is 11.6 Å². The number of likely N-dealkylation sites (tertiary alicyclic amines) is 1. The fraction of sp³-hybridized carbons (Fsp3) is 0.342. The minimum absolute atomic E-state index is 0.0890. The Morgan fingerprint density at radius 1 is 0.659 bits per heavy atom. The van der Waals surface area contributed by atoms with Crippen LogP contribution in [0.3, 0.4) is 0 Å². The predicted molar refractivity (Wildman–Crippen MR) is 174 cm³/mol. The molecule has 1 aliphatic rings. The van der Waals surface area contributed by atoms with Gasteiger partial charge >= 0.3 is 5.69 Å². The molecular weight excluding hydrogens is 552 g/mol. The highest BCUT2D eigenvalue weighted by Gasteiger charge is 2.25. The Hall–Kier alpha value is -4.03. The number of fused-ring (bicyclic) bond motifs is 1. The fourth-order valence-corrected chi connectivity index (χ4v) is 6.88. The smallest absolute Gasteiger partial charge is 0.303 e. The molecule has 0 unspecified atom stereocenters. The molecule has 4 aromatic carbocycles. The van der Waals surface area contributed by atoms with Gasteiger partial charge in [0.05, 0.1) is 11.0 Å². The highest BCUT2D eigenvalue weighted by Crippen LogP contribution is 2.31. The van der Waals surface area contributed by atoms with Crippen LogP contribution in [0.4, 0.5) is 8.78 Å². The lowest BCUT2D eigenvalue weighted by Crippen LogP contribution is -2.38. The minimum atomic E-state index is -0.250. The Balaban J connectivity index is 1.06. The summed E-state index contributed by atoms with van der Waals surface area (Å²) in [6.45, 7) is 3.60. The van der Waals surface area contributed by atoms with Crippen LogP contribution < -0.4 is 5.69 Å². The third-order valence-electron chi connectivity index (χ3n) is 9.24. The molecule has 0 saturated carbocycles. The molecule has 2 heterocycles. The number of para-hydroxylation sites is 2. The predicted octanol–water partition coefficient (Wildman–Crippen LogP) is 8.35. The third kappa shape index (κ3) is 7.02. The molecule has 1 aliphatic heterocycles. The molecule has 0 amide bonds. The van der Waals surface area contributed by atoms with Crippen molar-refractivity contribution >= 4 is 11.0 Å². The summed E-state index contributed by atoms with van der Waals surface area (Å²) >= 11 is 0. The van der Waals surface area contributed by atoms with Crippen LogP contribution in [0.2, 0.25) is 0 Å². The van der Waals surface area contributed by atoms with Crippen LogP contribution in [0.15, 0.2) is 108 Å². The van der Waals surface area contributed by atoms with Crippen molar-refractivity contribution in [3.05, 3.63) is 142 Å².